The third-order valence-corrected chi connectivity index (χ3v) is 9.28. The molecule has 4 aliphatic rings. The molecule has 4 aliphatic carbocycles. The monoisotopic (exact) mass is 500 g/mol. The van der Waals surface area contributed by atoms with Gasteiger partial charge in [-0.05, 0) is 55.2 Å². The van der Waals surface area contributed by atoms with Gasteiger partial charge in [-0.2, -0.15) is 0 Å². The van der Waals surface area contributed by atoms with Crippen molar-refractivity contribution in [2.24, 2.45) is 28.6 Å². The Hall–Kier alpha value is -2.61. The number of allylic oxidation sites excluding steroid dienone is 3. The zero-order chi connectivity index (χ0) is 26.5. The van der Waals surface area contributed by atoms with Crippen molar-refractivity contribution < 1.29 is 38.6 Å². The van der Waals surface area contributed by atoms with E-state index in [2.05, 4.69) is 0 Å². The Morgan fingerprint density at radius 2 is 1.92 bits per heavy atom. The van der Waals surface area contributed by atoms with Crippen molar-refractivity contribution in [2.45, 2.75) is 84.3 Å². The summed E-state index contributed by atoms with van der Waals surface area (Å²) in [4.78, 5) is 63.1. The smallest absolute Gasteiger partial charge is 0.306 e. The number of carbonyl (C=O) groups is 5. The maximum absolute atomic E-state index is 13.8. The molecule has 0 aromatic carbocycles. The van der Waals surface area contributed by atoms with Crippen LogP contribution in [0.5, 0.6) is 0 Å². The number of fused-ring (bicyclic) bond motifs is 5. The molecule has 0 aromatic heterocycles. The van der Waals surface area contributed by atoms with Gasteiger partial charge in [0.25, 0.3) is 0 Å². The highest BCUT2D eigenvalue weighted by molar-refractivity contribution is 6.02. The minimum atomic E-state index is -1.80. The molecule has 3 saturated carbocycles. The summed E-state index contributed by atoms with van der Waals surface area (Å²) < 4.78 is 10.8. The van der Waals surface area contributed by atoms with Crippen LogP contribution in [0.2, 0.25) is 0 Å². The molecule has 0 aromatic rings. The summed E-state index contributed by atoms with van der Waals surface area (Å²) in [6, 6.07) is 0. The average Bonchev–Trinajstić information content (AvgIpc) is 3.08. The van der Waals surface area contributed by atoms with Gasteiger partial charge in [0.05, 0.1) is 0 Å². The summed E-state index contributed by atoms with van der Waals surface area (Å²) in [7, 11) is 0. The van der Waals surface area contributed by atoms with E-state index in [-0.39, 0.29) is 48.6 Å². The number of unbranched alkanes of at least 4 members (excludes halogenated alkanes) is 1. The van der Waals surface area contributed by atoms with E-state index < -0.39 is 46.8 Å². The first-order chi connectivity index (χ1) is 16.9. The van der Waals surface area contributed by atoms with Crippen molar-refractivity contribution in [3.05, 3.63) is 23.8 Å². The molecule has 0 heterocycles. The maximum Gasteiger partial charge on any atom is 0.306 e. The molecule has 0 saturated heterocycles. The first-order valence-corrected chi connectivity index (χ1v) is 12.9. The second-order valence-electron chi connectivity index (χ2n) is 11.3. The van der Waals surface area contributed by atoms with E-state index in [0.717, 1.165) is 6.42 Å². The van der Waals surface area contributed by atoms with E-state index >= 15 is 0 Å². The van der Waals surface area contributed by atoms with Gasteiger partial charge < -0.3 is 14.6 Å². The van der Waals surface area contributed by atoms with Gasteiger partial charge >= 0.3 is 11.9 Å². The van der Waals surface area contributed by atoms with Crippen molar-refractivity contribution in [3.63, 3.8) is 0 Å². The lowest BCUT2D eigenvalue weighted by Crippen LogP contribution is -2.62. The van der Waals surface area contributed by atoms with E-state index in [1.807, 2.05) is 13.8 Å². The number of hydrogen-bond acceptors (Lipinski definition) is 8. The Balaban J connectivity index is 1.70. The molecule has 0 amide bonds. The molecule has 8 heteroatoms. The van der Waals surface area contributed by atoms with E-state index in [9.17, 15) is 29.1 Å². The number of esters is 2. The Labute approximate surface area is 211 Å². The average molecular weight is 501 g/mol. The minimum Gasteiger partial charge on any atom is -0.458 e. The van der Waals surface area contributed by atoms with Crippen molar-refractivity contribution >= 4 is 29.3 Å². The summed E-state index contributed by atoms with van der Waals surface area (Å²) in [6.07, 6.45) is 6.94. The van der Waals surface area contributed by atoms with Crippen LogP contribution >= 0.6 is 0 Å². The summed E-state index contributed by atoms with van der Waals surface area (Å²) >= 11 is 0. The molecule has 7 atom stereocenters. The molecule has 4 rings (SSSR count). The van der Waals surface area contributed by atoms with Gasteiger partial charge in [0.1, 0.15) is 17.5 Å². The van der Waals surface area contributed by atoms with Crippen LogP contribution in [-0.2, 0) is 33.4 Å². The van der Waals surface area contributed by atoms with Crippen LogP contribution in [0.15, 0.2) is 23.8 Å². The van der Waals surface area contributed by atoms with Gasteiger partial charge in [0.2, 0.25) is 5.78 Å². The summed E-state index contributed by atoms with van der Waals surface area (Å²) in [5.74, 6) is -2.72. The van der Waals surface area contributed by atoms with E-state index in [1.165, 1.54) is 19.1 Å². The van der Waals surface area contributed by atoms with Gasteiger partial charge in [-0.1, -0.05) is 33.3 Å². The van der Waals surface area contributed by atoms with Crippen molar-refractivity contribution in [3.8, 4) is 0 Å². The van der Waals surface area contributed by atoms with Gasteiger partial charge in [0.15, 0.2) is 12.4 Å². The summed E-state index contributed by atoms with van der Waals surface area (Å²) in [5, 5.41) is 11.6. The third-order valence-electron chi connectivity index (χ3n) is 9.28. The minimum absolute atomic E-state index is 0.00670. The van der Waals surface area contributed by atoms with Crippen LogP contribution in [0.4, 0.5) is 0 Å². The molecular formula is C28H36O8. The summed E-state index contributed by atoms with van der Waals surface area (Å²) in [5.41, 5.74) is -2.98. The van der Waals surface area contributed by atoms with Crippen molar-refractivity contribution in [1.82, 2.24) is 0 Å². The lowest BCUT2D eigenvalue weighted by atomic mass is 9.46. The molecule has 8 nitrogen and oxygen atoms in total. The van der Waals surface area contributed by atoms with E-state index in [4.69, 9.17) is 9.47 Å². The normalized spacial score (nSPS) is 39.0. The van der Waals surface area contributed by atoms with Crippen LogP contribution < -0.4 is 0 Å². The molecule has 36 heavy (non-hydrogen) atoms. The lowest BCUT2D eigenvalue weighted by Gasteiger charge is -2.57. The van der Waals surface area contributed by atoms with Gasteiger partial charge in [-0.3, -0.25) is 24.0 Å². The number of aliphatic hydroxyl groups is 1. The number of ether oxygens (including phenoxy) is 2. The largest absolute Gasteiger partial charge is 0.458 e. The first-order valence-electron chi connectivity index (χ1n) is 12.9. The standard InChI is InChI=1S/C28H36O8/c1-5-6-7-24(33)36-22-13-18-19-9-11-28(34,23(32)15-35-16(2)29)27(19,4)14-21(31)25(18)26(3)10-8-17(30)12-20(22)26/h8,10,12,18-19,22,25,34H,5-7,9,11,13-15H2,1-4H3/t18?,19?,22-,25?,26-,27-,28-/m0/s1. The second kappa shape index (κ2) is 9.36. The number of rotatable bonds is 7. The molecule has 0 radical (unpaired) electrons. The fourth-order valence-electron chi connectivity index (χ4n) is 7.46. The number of hydrogen-bond donors (Lipinski definition) is 1. The Bertz CT molecular complexity index is 1060. The molecule has 0 aliphatic heterocycles. The van der Waals surface area contributed by atoms with Crippen LogP contribution in [-0.4, -0.2) is 52.7 Å². The number of carbonyl (C=O) groups excluding carboxylic acids is 5. The second-order valence-corrected chi connectivity index (χ2v) is 11.3. The molecule has 3 fully saturated rings. The fourth-order valence-corrected chi connectivity index (χ4v) is 7.46. The quantitative estimate of drug-likeness (QED) is 0.529. The lowest BCUT2D eigenvalue weighted by molar-refractivity contribution is -0.175. The van der Waals surface area contributed by atoms with Crippen LogP contribution in [0.1, 0.15) is 72.6 Å². The zero-order valence-electron chi connectivity index (χ0n) is 21.5. The van der Waals surface area contributed by atoms with Crippen molar-refractivity contribution in [2.75, 3.05) is 6.61 Å². The van der Waals surface area contributed by atoms with Crippen LogP contribution in [0.3, 0.4) is 0 Å². The molecule has 3 unspecified atom stereocenters. The topological polar surface area (TPSA) is 124 Å². The Kier molecular flexibility index (Phi) is 6.88. The van der Waals surface area contributed by atoms with Gasteiger partial charge in [-0.15, -0.1) is 0 Å². The zero-order valence-corrected chi connectivity index (χ0v) is 21.5. The van der Waals surface area contributed by atoms with Gasteiger partial charge in [0, 0.05) is 36.5 Å². The summed E-state index contributed by atoms with van der Waals surface area (Å²) in [6.45, 7) is 6.34. The SMILES string of the molecule is CCCCC(=O)O[C@H]1CC2C(C(=O)C[C@@]3(C)C2CC[C@]3(O)C(=O)COC(C)=O)[C@@]2(C)C=CC(=O)C=C12. The fraction of sp³-hybridized carbons (Fsp3) is 0.679. The van der Waals surface area contributed by atoms with Crippen molar-refractivity contribution in [1.29, 1.82) is 0 Å². The maximum atomic E-state index is 13.8. The van der Waals surface area contributed by atoms with Crippen LogP contribution in [0.25, 0.3) is 0 Å². The molecular weight excluding hydrogens is 464 g/mol. The molecule has 0 bridgehead atoms. The first kappa shape index (κ1) is 26.5. The highest BCUT2D eigenvalue weighted by atomic mass is 16.5. The highest BCUT2D eigenvalue weighted by Crippen LogP contribution is 2.66. The number of Topliss-reactive ketones (excluding diaryl/α,β-unsaturated/α-hetero) is 2. The Morgan fingerprint density at radius 1 is 1.19 bits per heavy atom. The van der Waals surface area contributed by atoms with Crippen LogP contribution in [0, 0.1) is 28.6 Å². The molecule has 196 valence electrons. The highest BCUT2D eigenvalue weighted by Gasteiger charge is 2.69. The number of ketones is 3. The predicted octanol–water partition coefficient (Wildman–Crippen LogP) is 3.05. The molecule has 1 N–H and O–H groups in total. The predicted molar refractivity (Wildman–Crippen MR) is 128 cm³/mol. The van der Waals surface area contributed by atoms with E-state index in [0.29, 0.717) is 24.8 Å². The third kappa shape index (κ3) is 4.07. The van der Waals surface area contributed by atoms with E-state index in [1.54, 1.807) is 13.0 Å². The Morgan fingerprint density at radius 3 is 2.58 bits per heavy atom. The molecule has 0 spiro atoms. The van der Waals surface area contributed by atoms with Gasteiger partial charge in [-0.25, -0.2) is 0 Å².